The molecule has 4 rings (SSSR count). The van der Waals surface area contributed by atoms with Gasteiger partial charge in [-0.1, -0.05) is 18.2 Å². The molecular formula is C17H19ClN2OS. The van der Waals surface area contributed by atoms with Gasteiger partial charge in [-0.2, -0.15) is 0 Å². The van der Waals surface area contributed by atoms with Gasteiger partial charge in [-0.15, -0.1) is 23.7 Å². The second-order valence-corrected chi connectivity index (χ2v) is 6.94. The average molecular weight is 335 g/mol. The first-order valence-corrected chi connectivity index (χ1v) is 8.32. The number of aryl methyl sites for hydroxylation is 2. The Hall–Kier alpha value is -1.36. The highest BCUT2D eigenvalue weighted by molar-refractivity contribution is 7.14. The van der Waals surface area contributed by atoms with Crippen LogP contribution in [-0.4, -0.2) is 5.91 Å². The summed E-state index contributed by atoms with van der Waals surface area (Å²) in [6, 6.07) is 8.55. The van der Waals surface area contributed by atoms with Gasteiger partial charge in [0.15, 0.2) is 0 Å². The minimum Gasteiger partial charge on any atom is -0.347 e. The maximum Gasteiger partial charge on any atom is 0.261 e. The van der Waals surface area contributed by atoms with E-state index in [2.05, 4.69) is 34.9 Å². The lowest BCUT2D eigenvalue weighted by molar-refractivity contribution is 0.0955. The Kier molecular flexibility index (Phi) is 4.52. The Bertz CT molecular complexity index is 689. The highest BCUT2D eigenvalue weighted by atomic mass is 35.5. The molecule has 0 saturated carbocycles. The molecule has 1 aliphatic heterocycles. The third-order valence-corrected chi connectivity index (χ3v) is 5.56. The first-order valence-electron chi connectivity index (χ1n) is 7.51. The van der Waals surface area contributed by atoms with Crippen LogP contribution in [0.15, 0.2) is 24.3 Å². The van der Waals surface area contributed by atoms with Crippen LogP contribution in [0, 0.1) is 0 Å². The van der Waals surface area contributed by atoms with Crippen LogP contribution in [-0.2, 0) is 32.5 Å². The number of hydrogen-bond donors (Lipinski definition) is 2. The highest BCUT2D eigenvalue weighted by Crippen LogP contribution is 2.30. The van der Waals surface area contributed by atoms with Crippen LogP contribution in [0.1, 0.15) is 43.2 Å². The first kappa shape index (κ1) is 15.5. The molecule has 0 fully saturated rings. The van der Waals surface area contributed by atoms with E-state index in [1.165, 1.54) is 33.6 Å². The van der Waals surface area contributed by atoms with E-state index in [-0.39, 0.29) is 18.3 Å². The fraction of sp³-hybridized carbons (Fsp3) is 0.353. The van der Waals surface area contributed by atoms with Gasteiger partial charge in [0.1, 0.15) is 0 Å². The highest BCUT2D eigenvalue weighted by Gasteiger charge is 2.18. The zero-order valence-corrected chi connectivity index (χ0v) is 13.9. The summed E-state index contributed by atoms with van der Waals surface area (Å²) in [5.74, 6) is 0.0630. The molecule has 22 heavy (non-hydrogen) atoms. The Morgan fingerprint density at radius 3 is 2.86 bits per heavy atom. The molecule has 2 N–H and O–H groups in total. The molecule has 1 aromatic carbocycles. The maximum absolute atomic E-state index is 12.2. The molecule has 5 heteroatoms. The van der Waals surface area contributed by atoms with Gasteiger partial charge in [0.05, 0.1) is 4.88 Å². The van der Waals surface area contributed by atoms with Crippen molar-refractivity contribution in [3.63, 3.8) is 0 Å². The quantitative estimate of drug-likeness (QED) is 0.905. The van der Waals surface area contributed by atoms with Gasteiger partial charge < -0.3 is 10.6 Å². The van der Waals surface area contributed by atoms with E-state index < -0.39 is 0 Å². The zero-order valence-electron chi connectivity index (χ0n) is 12.3. The molecule has 116 valence electrons. The Balaban J connectivity index is 0.00000144. The van der Waals surface area contributed by atoms with Crippen molar-refractivity contribution in [2.24, 2.45) is 0 Å². The number of halogens is 1. The molecule has 0 spiro atoms. The van der Waals surface area contributed by atoms with Crippen LogP contribution in [0.25, 0.3) is 0 Å². The van der Waals surface area contributed by atoms with E-state index in [0.29, 0.717) is 6.54 Å². The molecular weight excluding hydrogens is 316 g/mol. The summed E-state index contributed by atoms with van der Waals surface area (Å²) in [5, 5.41) is 6.39. The Labute approximate surface area is 140 Å². The number of carbonyl (C=O) groups is 1. The van der Waals surface area contributed by atoms with Crippen LogP contribution in [0.4, 0.5) is 0 Å². The molecule has 3 nitrogen and oxygen atoms in total. The molecule has 1 aromatic heterocycles. The summed E-state index contributed by atoms with van der Waals surface area (Å²) in [4.78, 5) is 14.5. The number of carbonyl (C=O) groups excluding carboxylic acids is 1. The van der Waals surface area contributed by atoms with E-state index in [1.54, 1.807) is 11.3 Å². The minimum absolute atomic E-state index is 0. The van der Waals surface area contributed by atoms with Crippen molar-refractivity contribution < 1.29 is 4.79 Å². The van der Waals surface area contributed by atoms with E-state index in [9.17, 15) is 4.79 Å². The predicted molar refractivity (Wildman–Crippen MR) is 91.7 cm³/mol. The number of nitrogens with one attached hydrogen (secondary N) is 2. The summed E-state index contributed by atoms with van der Waals surface area (Å²) < 4.78 is 0. The SMILES string of the molecule is Cl.O=C(NCc1ccc2c(c1)CNC2)c1cc2c(s1)CCC2. The molecule has 2 aromatic rings. The molecule has 2 aliphatic rings. The van der Waals surface area contributed by atoms with Crippen molar-refractivity contribution in [2.45, 2.75) is 38.9 Å². The number of hydrogen-bond acceptors (Lipinski definition) is 3. The van der Waals surface area contributed by atoms with E-state index >= 15 is 0 Å². The molecule has 0 unspecified atom stereocenters. The minimum atomic E-state index is 0. The van der Waals surface area contributed by atoms with Gasteiger partial charge in [0.2, 0.25) is 0 Å². The van der Waals surface area contributed by atoms with E-state index in [1.807, 2.05) is 0 Å². The number of thiophene rings is 1. The lowest BCUT2D eigenvalue weighted by Crippen LogP contribution is -2.21. The van der Waals surface area contributed by atoms with Crippen LogP contribution < -0.4 is 10.6 Å². The molecule has 1 aliphatic carbocycles. The smallest absolute Gasteiger partial charge is 0.261 e. The Morgan fingerprint density at radius 1 is 1.14 bits per heavy atom. The number of fused-ring (bicyclic) bond motifs is 2. The van der Waals surface area contributed by atoms with Crippen LogP contribution in [0.3, 0.4) is 0 Å². The fourth-order valence-electron chi connectivity index (χ4n) is 3.17. The number of benzene rings is 1. The van der Waals surface area contributed by atoms with Gasteiger partial charge in [0, 0.05) is 24.5 Å². The van der Waals surface area contributed by atoms with Gasteiger partial charge in [-0.05, 0) is 47.6 Å². The molecule has 0 saturated heterocycles. The molecule has 0 radical (unpaired) electrons. The lowest BCUT2D eigenvalue weighted by Gasteiger charge is -2.06. The normalized spacial score (nSPS) is 15.1. The van der Waals surface area contributed by atoms with Gasteiger partial charge in [0.25, 0.3) is 5.91 Å². The standard InChI is InChI=1S/C17H18N2OS.ClH/c20-17(16-7-12-2-1-3-15(12)21-16)19-8-11-4-5-13-9-18-10-14(13)6-11;/h4-7,18H,1-3,8-10H2,(H,19,20);1H. The van der Waals surface area contributed by atoms with Crippen molar-refractivity contribution in [1.82, 2.24) is 10.6 Å². The molecule has 1 amide bonds. The zero-order chi connectivity index (χ0) is 14.2. The fourth-order valence-corrected chi connectivity index (χ4v) is 4.34. The summed E-state index contributed by atoms with van der Waals surface area (Å²) in [6.45, 7) is 2.51. The third kappa shape index (κ3) is 2.91. The maximum atomic E-state index is 12.2. The summed E-state index contributed by atoms with van der Waals surface area (Å²) >= 11 is 1.66. The van der Waals surface area contributed by atoms with Crippen molar-refractivity contribution in [3.05, 3.63) is 56.3 Å². The molecule has 2 heterocycles. The summed E-state index contributed by atoms with van der Waals surface area (Å²) in [7, 11) is 0. The summed E-state index contributed by atoms with van der Waals surface area (Å²) in [6.07, 6.45) is 3.52. The van der Waals surface area contributed by atoms with Crippen molar-refractivity contribution in [2.75, 3.05) is 0 Å². The van der Waals surface area contributed by atoms with Gasteiger partial charge in [-0.3, -0.25) is 4.79 Å². The molecule has 0 atom stereocenters. The second kappa shape index (κ2) is 6.41. The van der Waals surface area contributed by atoms with Crippen molar-refractivity contribution >= 4 is 29.7 Å². The van der Waals surface area contributed by atoms with E-state index in [0.717, 1.165) is 30.8 Å². The summed E-state index contributed by atoms with van der Waals surface area (Å²) in [5.41, 5.74) is 5.29. The second-order valence-electron chi connectivity index (χ2n) is 5.80. The average Bonchev–Trinajstić information content (AvgIpc) is 3.18. The lowest BCUT2D eigenvalue weighted by atomic mass is 10.1. The largest absolute Gasteiger partial charge is 0.347 e. The third-order valence-electron chi connectivity index (χ3n) is 4.33. The molecule has 0 bridgehead atoms. The monoisotopic (exact) mass is 334 g/mol. The van der Waals surface area contributed by atoms with Gasteiger partial charge in [-0.25, -0.2) is 0 Å². The van der Waals surface area contributed by atoms with Crippen molar-refractivity contribution in [3.8, 4) is 0 Å². The van der Waals surface area contributed by atoms with Crippen LogP contribution in [0.5, 0.6) is 0 Å². The number of amides is 1. The van der Waals surface area contributed by atoms with Crippen LogP contribution in [0.2, 0.25) is 0 Å². The first-order chi connectivity index (χ1) is 10.3. The predicted octanol–water partition coefficient (Wildman–Crippen LogP) is 3.19. The topological polar surface area (TPSA) is 41.1 Å². The van der Waals surface area contributed by atoms with Gasteiger partial charge >= 0.3 is 0 Å². The van der Waals surface area contributed by atoms with E-state index in [4.69, 9.17) is 0 Å². The van der Waals surface area contributed by atoms with Crippen molar-refractivity contribution in [1.29, 1.82) is 0 Å². The van der Waals surface area contributed by atoms with Crippen LogP contribution >= 0.6 is 23.7 Å². The Morgan fingerprint density at radius 2 is 2.00 bits per heavy atom. The number of rotatable bonds is 3.